The van der Waals surface area contributed by atoms with Gasteiger partial charge in [0.05, 0.1) is 13.6 Å². The van der Waals surface area contributed by atoms with E-state index in [2.05, 4.69) is 33.9 Å². The lowest BCUT2D eigenvalue weighted by atomic mass is 9.83. The van der Waals surface area contributed by atoms with Gasteiger partial charge in [0.25, 0.3) is 0 Å². The Bertz CT molecular complexity index is 893. The summed E-state index contributed by atoms with van der Waals surface area (Å²) >= 11 is 0. The maximum Gasteiger partial charge on any atom is 0.416 e. The molecule has 0 radical (unpaired) electrons. The van der Waals surface area contributed by atoms with Crippen LogP contribution in [-0.4, -0.2) is 42.8 Å². The molecule has 1 heterocycles. The van der Waals surface area contributed by atoms with Gasteiger partial charge >= 0.3 is 18.3 Å². The van der Waals surface area contributed by atoms with Crippen LogP contribution >= 0.6 is 0 Å². The fourth-order valence-electron chi connectivity index (χ4n) is 5.28. The lowest BCUT2D eigenvalue weighted by Gasteiger charge is -2.44. The van der Waals surface area contributed by atoms with Crippen molar-refractivity contribution in [3.8, 4) is 0 Å². The topological polar surface area (TPSA) is 40.5 Å². The minimum absolute atomic E-state index is 0.0648. The van der Waals surface area contributed by atoms with Crippen LogP contribution in [0.5, 0.6) is 0 Å². The molecule has 0 spiro atoms. The third kappa shape index (κ3) is 9.88. The highest BCUT2D eigenvalue weighted by molar-refractivity contribution is 6.80. The summed E-state index contributed by atoms with van der Waals surface area (Å²) in [7, 11) is -1.52. The smallest absolute Gasteiger partial charge is 0.416 e. The average molecular weight is 568 g/mol. The molecule has 1 aliphatic rings. The van der Waals surface area contributed by atoms with Gasteiger partial charge in [-0.15, -0.1) is 0 Å². The van der Waals surface area contributed by atoms with Gasteiger partial charge in [0.1, 0.15) is 0 Å². The van der Waals surface area contributed by atoms with E-state index in [1.54, 1.807) is 0 Å². The third-order valence-electron chi connectivity index (χ3n) is 8.69. The SMILES string of the molecule is CC(C)(C)[Si](C)(C)CCCC[C@H](CCC(F)(F)F)N1CC[C@@H](CC(=O)O)C[C@H]1c1ccc(C(F)(F)F)cc1. The molecule has 3 atom stereocenters. The van der Waals surface area contributed by atoms with Crippen molar-refractivity contribution in [3.05, 3.63) is 35.4 Å². The van der Waals surface area contributed by atoms with Crippen LogP contribution in [0, 0.1) is 5.92 Å². The van der Waals surface area contributed by atoms with Crippen molar-refractivity contribution in [1.29, 1.82) is 0 Å². The summed E-state index contributed by atoms with van der Waals surface area (Å²) in [6, 6.07) is 5.05. The van der Waals surface area contributed by atoms with Gasteiger partial charge in [-0.25, -0.2) is 0 Å². The van der Waals surface area contributed by atoms with E-state index in [4.69, 9.17) is 0 Å². The number of hydrogen-bond donors (Lipinski definition) is 1. The number of carbonyl (C=O) groups is 1. The molecule has 1 aromatic rings. The van der Waals surface area contributed by atoms with Crippen molar-refractivity contribution >= 4 is 14.0 Å². The summed E-state index contributed by atoms with van der Waals surface area (Å²) in [5.74, 6) is -1.13. The van der Waals surface area contributed by atoms with E-state index >= 15 is 0 Å². The van der Waals surface area contributed by atoms with Gasteiger partial charge < -0.3 is 5.11 Å². The monoisotopic (exact) mass is 567 g/mol. The first-order chi connectivity index (χ1) is 17.3. The molecular formula is C28H43F6NO2Si. The van der Waals surface area contributed by atoms with Crippen molar-refractivity contribution in [2.45, 2.75) is 121 Å². The number of nitrogens with zero attached hydrogens (tertiary/aromatic N) is 1. The molecule has 10 heteroatoms. The van der Waals surface area contributed by atoms with Crippen molar-refractivity contribution in [1.82, 2.24) is 4.90 Å². The maximum absolute atomic E-state index is 13.3. The van der Waals surface area contributed by atoms with E-state index in [9.17, 15) is 36.2 Å². The van der Waals surface area contributed by atoms with Gasteiger partial charge in [0.2, 0.25) is 0 Å². The standard InChI is InChI=1S/C28H43F6NO2Si/c1-26(2,3)38(4,5)17-7-6-8-23(13-15-27(29,30)31)35-16-14-20(19-25(36)37)18-24(35)21-9-11-22(12-10-21)28(32,33)34/h9-12,20,23-24H,6-8,13-19H2,1-5H3,(H,36,37)/t20-,23-,24+/m1/s1. The lowest BCUT2D eigenvalue weighted by molar-refractivity contribution is -0.141. The van der Waals surface area contributed by atoms with Crippen LogP contribution in [0.3, 0.4) is 0 Å². The van der Waals surface area contributed by atoms with Gasteiger partial charge in [-0.05, 0) is 60.9 Å². The molecule has 0 unspecified atom stereocenters. The fraction of sp³-hybridized carbons (Fsp3) is 0.750. The number of piperidine rings is 1. The van der Waals surface area contributed by atoms with Crippen LogP contribution < -0.4 is 0 Å². The Morgan fingerprint density at radius 2 is 1.63 bits per heavy atom. The summed E-state index contributed by atoms with van der Waals surface area (Å²) in [6.07, 6.45) is -6.64. The molecule has 0 saturated carbocycles. The number of likely N-dealkylation sites (tertiary alicyclic amines) is 1. The summed E-state index contributed by atoms with van der Waals surface area (Å²) in [5.41, 5.74) is -0.198. The molecule has 1 N–H and O–H groups in total. The van der Waals surface area contributed by atoms with E-state index in [1.165, 1.54) is 12.1 Å². The number of unbranched alkanes of at least 4 members (excludes halogenated alkanes) is 1. The first-order valence-corrected chi connectivity index (χ1v) is 16.7. The van der Waals surface area contributed by atoms with Gasteiger partial charge in [-0.1, -0.05) is 64.9 Å². The van der Waals surface area contributed by atoms with Gasteiger partial charge in [-0.3, -0.25) is 9.69 Å². The molecule has 3 nitrogen and oxygen atoms in total. The van der Waals surface area contributed by atoms with Crippen molar-refractivity contribution in [2.24, 2.45) is 5.92 Å². The first kappa shape index (κ1) is 32.7. The van der Waals surface area contributed by atoms with Crippen LogP contribution in [-0.2, 0) is 11.0 Å². The number of rotatable bonds is 11. The Hall–Kier alpha value is -1.55. The van der Waals surface area contributed by atoms with Crippen LogP contribution in [0.2, 0.25) is 24.2 Å². The second-order valence-electron chi connectivity index (χ2n) is 12.5. The second kappa shape index (κ2) is 12.7. The summed E-state index contributed by atoms with van der Waals surface area (Å²) < 4.78 is 79.2. The van der Waals surface area contributed by atoms with Crippen LogP contribution in [0.4, 0.5) is 26.3 Å². The van der Waals surface area contributed by atoms with Gasteiger partial charge in [0.15, 0.2) is 0 Å². The normalized spacial score (nSPS) is 20.9. The largest absolute Gasteiger partial charge is 0.481 e. The highest BCUT2D eigenvalue weighted by Gasteiger charge is 2.38. The molecule has 1 saturated heterocycles. The van der Waals surface area contributed by atoms with E-state index in [-0.39, 0.29) is 29.8 Å². The van der Waals surface area contributed by atoms with Gasteiger partial charge in [-0.2, -0.15) is 26.3 Å². The quantitative estimate of drug-likeness (QED) is 0.165. The van der Waals surface area contributed by atoms with Gasteiger partial charge in [0, 0.05) is 24.9 Å². The third-order valence-corrected chi connectivity index (χ3v) is 14.4. The molecule has 0 aliphatic carbocycles. The Labute approximate surface area is 224 Å². The molecule has 1 aromatic carbocycles. The predicted octanol–water partition coefficient (Wildman–Crippen LogP) is 9.32. The minimum atomic E-state index is -4.49. The predicted molar refractivity (Wildman–Crippen MR) is 141 cm³/mol. The van der Waals surface area contributed by atoms with E-state index in [0.717, 1.165) is 31.0 Å². The molecular weight excluding hydrogens is 524 g/mol. The zero-order valence-electron chi connectivity index (χ0n) is 23.2. The highest BCUT2D eigenvalue weighted by atomic mass is 28.3. The molecule has 1 aliphatic heterocycles. The minimum Gasteiger partial charge on any atom is -0.481 e. The average Bonchev–Trinajstić information content (AvgIpc) is 2.76. The van der Waals surface area contributed by atoms with Crippen LogP contribution in [0.15, 0.2) is 24.3 Å². The number of alkyl halides is 6. The fourth-order valence-corrected chi connectivity index (χ4v) is 7.16. The van der Waals surface area contributed by atoms with Crippen LogP contribution in [0.25, 0.3) is 0 Å². The molecule has 2 rings (SSSR count). The highest BCUT2D eigenvalue weighted by Crippen LogP contribution is 2.42. The molecule has 0 bridgehead atoms. The number of carboxylic acids is 1. The summed E-state index contributed by atoms with van der Waals surface area (Å²) in [6.45, 7) is 11.8. The van der Waals surface area contributed by atoms with E-state index < -0.39 is 44.4 Å². The number of benzene rings is 1. The number of aliphatic carboxylic acids is 1. The van der Waals surface area contributed by atoms with Crippen molar-refractivity contribution in [3.63, 3.8) is 0 Å². The number of halogens is 6. The maximum atomic E-state index is 13.3. The number of hydrogen-bond acceptors (Lipinski definition) is 2. The molecule has 1 fully saturated rings. The first-order valence-electron chi connectivity index (χ1n) is 13.5. The second-order valence-corrected chi connectivity index (χ2v) is 18.3. The number of carboxylic acid groups (broad SMARTS) is 1. The zero-order chi connectivity index (χ0) is 28.9. The summed E-state index contributed by atoms with van der Waals surface area (Å²) in [4.78, 5) is 13.4. The summed E-state index contributed by atoms with van der Waals surface area (Å²) in [5, 5.41) is 9.53. The van der Waals surface area contributed by atoms with E-state index in [0.29, 0.717) is 31.4 Å². The Kier molecular flexibility index (Phi) is 11.0. The van der Waals surface area contributed by atoms with Crippen molar-refractivity contribution in [2.75, 3.05) is 6.54 Å². The Balaban J connectivity index is 2.28. The molecule has 218 valence electrons. The molecule has 0 amide bonds. The molecule has 38 heavy (non-hydrogen) atoms. The van der Waals surface area contributed by atoms with Crippen molar-refractivity contribution < 1.29 is 36.2 Å². The van der Waals surface area contributed by atoms with E-state index in [1.807, 2.05) is 4.90 Å². The molecule has 0 aromatic heterocycles. The van der Waals surface area contributed by atoms with Crippen LogP contribution in [0.1, 0.15) is 89.3 Å². The lowest BCUT2D eigenvalue weighted by Crippen LogP contribution is -2.44. The zero-order valence-corrected chi connectivity index (χ0v) is 24.2. The Morgan fingerprint density at radius 1 is 1.03 bits per heavy atom. The Morgan fingerprint density at radius 3 is 2.13 bits per heavy atom.